The highest BCUT2D eigenvalue weighted by atomic mass is 16.2. The summed E-state index contributed by atoms with van der Waals surface area (Å²) in [6.45, 7) is 5.88. The van der Waals surface area contributed by atoms with E-state index in [1.807, 2.05) is 38.4 Å². The van der Waals surface area contributed by atoms with Crippen LogP contribution in [0.1, 0.15) is 18.9 Å². The van der Waals surface area contributed by atoms with Gasteiger partial charge in [-0.3, -0.25) is 9.69 Å². The van der Waals surface area contributed by atoms with Crippen LogP contribution in [0.2, 0.25) is 0 Å². The van der Waals surface area contributed by atoms with Crippen molar-refractivity contribution in [2.75, 3.05) is 45.6 Å². The second-order valence-electron chi connectivity index (χ2n) is 5.53. The molecule has 0 unspecified atom stereocenters. The van der Waals surface area contributed by atoms with Crippen LogP contribution < -0.4 is 11.1 Å². The predicted octanol–water partition coefficient (Wildman–Crippen LogP) is 1.36. The number of amides is 1. The van der Waals surface area contributed by atoms with Crippen LogP contribution in [0.5, 0.6) is 0 Å². The summed E-state index contributed by atoms with van der Waals surface area (Å²) in [7, 11) is 4.09. The second kappa shape index (κ2) is 9.50. The average Bonchev–Trinajstić information content (AvgIpc) is 2.45. The number of likely N-dealkylation sites (N-methyl/N-ethyl adjacent to an activating group) is 1. The Morgan fingerprint density at radius 2 is 1.81 bits per heavy atom. The van der Waals surface area contributed by atoms with Gasteiger partial charge in [-0.25, -0.2) is 0 Å². The zero-order chi connectivity index (χ0) is 15.7. The third-order valence-electron chi connectivity index (χ3n) is 3.24. The molecule has 5 heteroatoms. The van der Waals surface area contributed by atoms with E-state index in [1.165, 1.54) is 0 Å². The van der Waals surface area contributed by atoms with Gasteiger partial charge in [0, 0.05) is 25.3 Å². The highest BCUT2D eigenvalue weighted by molar-refractivity contribution is 5.92. The van der Waals surface area contributed by atoms with Gasteiger partial charge in [0.25, 0.3) is 0 Å². The standard InChI is InChI=1S/C16H28N4O/c1-4-9-20(11-10-19(2)3)13-16(21)18-15-7-5-14(12-17)6-8-15/h5-8H,4,9-13,17H2,1-3H3,(H,18,21). The fourth-order valence-electron chi connectivity index (χ4n) is 2.06. The first-order valence-electron chi connectivity index (χ1n) is 7.51. The second-order valence-corrected chi connectivity index (χ2v) is 5.53. The summed E-state index contributed by atoms with van der Waals surface area (Å²) in [5, 5.41) is 2.93. The molecule has 1 aromatic carbocycles. The number of carbonyl (C=O) groups is 1. The fourth-order valence-corrected chi connectivity index (χ4v) is 2.06. The SMILES string of the molecule is CCCN(CCN(C)C)CC(=O)Nc1ccc(CN)cc1. The van der Waals surface area contributed by atoms with Crippen molar-refractivity contribution in [1.29, 1.82) is 0 Å². The first-order valence-corrected chi connectivity index (χ1v) is 7.51. The molecule has 0 radical (unpaired) electrons. The van der Waals surface area contributed by atoms with E-state index in [9.17, 15) is 4.79 Å². The minimum absolute atomic E-state index is 0.0303. The van der Waals surface area contributed by atoms with Gasteiger partial charge in [-0.15, -0.1) is 0 Å². The van der Waals surface area contributed by atoms with E-state index in [-0.39, 0.29) is 5.91 Å². The molecule has 0 aliphatic rings. The van der Waals surface area contributed by atoms with Crippen molar-refractivity contribution in [3.8, 4) is 0 Å². The summed E-state index contributed by atoms with van der Waals surface area (Å²) >= 11 is 0. The maximum atomic E-state index is 12.1. The van der Waals surface area contributed by atoms with Crippen molar-refractivity contribution in [2.45, 2.75) is 19.9 Å². The minimum atomic E-state index is 0.0303. The first kappa shape index (κ1) is 17.6. The summed E-state index contributed by atoms with van der Waals surface area (Å²) in [6.07, 6.45) is 1.05. The van der Waals surface area contributed by atoms with Crippen molar-refractivity contribution in [2.24, 2.45) is 5.73 Å². The fraction of sp³-hybridized carbons (Fsp3) is 0.562. The lowest BCUT2D eigenvalue weighted by Crippen LogP contribution is -2.38. The molecule has 0 fully saturated rings. The molecule has 0 heterocycles. The summed E-state index contributed by atoms with van der Waals surface area (Å²) in [5.74, 6) is 0.0303. The van der Waals surface area contributed by atoms with Crippen LogP contribution in [0, 0.1) is 0 Å². The lowest BCUT2D eigenvalue weighted by molar-refractivity contribution is -0.117. The largest absolute Gasteiger partial charge is 0.326 e. The van der Waals surface area contributed by atoms with E-state index in [1.54, 1.807) is 0 Å². The molecule has 0 aliphatic heterocycles. The third kappa shape index (κ3) is 7.22. The summed E-state index contributed by atoms with van der Waals surface area (Å²) in [5.41, 5.74) is 7.44. The number of rotatable bonds is 9. The third-order valence-corrected chi connectivity index (χ3v) is 3.24. The number of anilines is 1. The molecule has 21 heavy (non-hydrogen) atoms. The van der Waals surface area contributed by atoms with Crippen molar-refractivity contribution in [1.82, 2.24) is 9.80 Å². The van der Waals surface area contributed by atoms with Gasteiger partial charge in [0.05, 0.1) is 6.54 Å². The normalized spacial score (nSPS) is 11.1. The van der Waals surface area contributed by atoms with E-state index < -0.39 is 0 Å². The zero-order valence-corrected chi connectivity index (χ0v) is 13.4. The maximum Gasteiger partial charge on any atom is 0.238 e. The van der Waals surface area contributed by atoms with Gasteiger partial charge in [-0.1, -0.05) is 19.1 Å². The maximum absolute atomic E-state index is 12.1. The molecule has 0 aromatic heterocycles. The lowest BCUT2D eigenvalue weighted by Gasteiger charge is -2.23. The monoisotopic (exact) mass is 292 g/mol. The van der Waals surface area contributed by atoms with Crippen molar-refractivity contribution >= 4 is 11.6 Å². The number of hydrogen-bond donors (Lipinski definition) is 2. The zero-order valence-electron chi connectivity index (χ0n) is 13.4. The lowest BCUT2D eigenvalue weighted by atomic mass is 10.2. The van der Waals surface area contributed by atoms with Crippen molar-refractivity contribution in [3.05, 3.63) is 29.8 Å². The molecule has 3 N–H and O–H groups in total. The van der Waals surface area contributed by atoms with Crippen LogP contribution in [0.25, 0.3) is 0 Å². The van der Waals surface area contributed by atoms with Crippen molar-refractivity contribution < 1.29 is 4.79 Å². The molecule has 0 spiro atoms. The predicted molar refractivity (Wildman–Crippen MR) is 88.2 cm³/mol. The number of nitrogens with one attached hydrogen (secondary N) is 1. The Morgan fingerprint density at radius 3 is 2.33 bits per heavy atom. The number of carbonyl (C=O) groups excluding carboxylic acids is 1. The quantitative estimate of drug-likeness (QED) is 0.721. The Hall–Kier alpha value is -1.43. The minimum Gasteiger partial charge on any atom is -0.326 e. The Kier molecular flexibility index (Phi) is 7.97. The van der Waals surface area contributed by atoms with Crippen LogP contribution in [-0.2, 0) is 11.3 Å². The Balaban J connectivity index is 2.47. The van der Waals surface area contributed by atoms with Crippen LogP contribution >= 0.6 is 0 Å². The van der Waals surface area contributed by atoms with Crippen molar-refractivity contribution in [3.63, 3.8) is 0 Å². The Morgan fingerprint density at radius 1 is 1.14 bits per heavy atom. The van der Waals surface area contributed by atoms with Gasteiger partial charge in [-0.2, -0.15) is 0 Å². The van der Waals surface area contributed by atoms with Crippen LogP contribution in [-0.4, -0.2) is 56.0 Å². The van der Waals surface area contributed by atoms with E-state index in [0.29, 0.717) is 13.1 Å². The first-order chi connectivity index (χ1) is 10.0. The van der Waals surface area contributed by atoms with Gasteiger partial charge < -0.3 is 16.0 Å². The molecule has 1 aromatic rings. The topological polar surface area (TPSA) is 61.6 Å². The van der Waals surface area contributed by atoms with E-state index in [2.05, 4.69) is 22.0 Å². The van der Waals surface area contributed by atoms with E-state index >= 15 is 0 Å². The molecule has 1 amide bonds. The van der Waals surface area contributed by atoms with Crippen LogP contribution in [0.4, 0.5) is 5.69 Å². The van der Waals surface area contributed by atoms with Gasteiger partial charge in [0.2, 0.25) is 5.91 Å². The van der Waals surface area contributed by atoms with Crippen LogP contribution in [0.15, 0.2) is 24.3 Å². The number of nitrogens with zero attached hydrogens (tertiary/aromatic N) is 2. The van der Waals surface area contributed by atoms with E-state index in [0.717, 1.165) is 37.3 Å². The van der Waals surface area contributed by atoms with Gasteiger partial charge >= 0.3 is 0 Å². The molecule has 1 rings (SSSR count). The van der Waals surface area contributed by atoms with E-state index in [4.69, 9.17) is 5.73 Å². The summed E-state index contributed by atoms with van der Waals surface area (Å²) in [4.78, 5) is 16.4. The molecule has 5 nitrogen and oxygen atoms in total. The highest BCUT2D eigenvalue weighted by Gasteiger charge is 2.10. The Labute approximate surface area is 128 Å². The molecular formula is C16H28N4O. The Bertz CT molecular complexity index is 417. The molecule has 0 saturated heterocycles. The number of benzene rings is 1. The molecule has 0 saturated carbocycles. The molecule has 0 atom stereocenters. The summed E-state index contributed by atoms with van der Waals surface area (Å²) < 4.78 is 0. The average molecular weight is 292 g/mol. The number of hydrogen-bond acceptors (Lipinski definition) is 4. The molecule has 0 bridgehead atoms. The molecule has 118 valence electrons. The van der Waals surface area contributed by atoms with Gasteiger partial charge in [0.15, 0.2) is 0 Å². The van der Waals surface area contributed by atoms with Crippen LogP contribution in [0.3, 0.4) is 0 Å². The highest BCUT2D eigenvalue weighted by Crippen LogP contribution is 2.09. The smallest absolute Gasteiger partial charge is 0.238 e. The molecular weight excluding hydrogens is 264 g/mol. The van der Waals surface area contributed by atoms with Gasteiger partial charge in [0.1, 0.15) is 0 Å². The summed E-state index contributed by atoms with van der Waals surface area (Å²) in [6, 6.07) is 7.66. The molecule has 0 aliphatic carbocycles. The number of nitrogens with two attached hydrogens (primary N) is 1. The van der Waals surface area contributed by atoms with Gasteiger partial charge in [-0.05, 0) is 44.8 Å².